The number of benzene rings is 1. The maximum Gasteiger partial charge on any atom is 0.255 e. The molecule has 2 rings (SSSR count). The van der Waals surface area contributed by atoms with Gasteiger partial charge in [-0.3, -0.25) is 4.79 Å². The molecule has 3 N–H and O–H groups in total. The number of phenolic OH excluding ortho intramolecular Hbond substituents is 1. The van der Waals surface area contributed by atoms with Crippen LogP contribution in [-0.4, -0.2) is 35.4 Å². The second-order valence-corrected chi connectivity index (χ2v) is 5.98. The number of ether oxygens (including phenoxy) is 1. The molecule has 1 saturated carbocycles. The molecule has 0 radical (unpaired) electrons. The molecule has 1 aliphatic rings. The van der Waals surface area contributed by atoms with Crippen LogP contribution in [0.4, 0.5) is 0 Å². The standard InChI is InChI=1S/C16H23NO4/c1-11-4-3-7-16(9-11,10-18)17-15(20)13-8-12(21-2)5-6-14(13)19/h5-6,8,11,18-19H,3-4,7,9-10H2,1-2H3,(H,17,20). The summed E-state index contributed by atoms with van der Waals surface area (Å²) in [5.41, 5.74) is -0.426. The Hall–Kier alpha value is -1.75. The van der Waals surface area contributed by atoms with E-state index in [0.29, 0.717) is 11.7 Å². The van der Waals surface area contributed by atoms with E-state index in [4.69, 9.17) is 4.74 Å². The van der Waals surface area contributed by atoms with Crippen LogP contribution in [0.15, 0.2) is 18.2 Å². The molecule has 2 atom stereocenters. The van der Waals surface area contributed by atoms with E-state index in [2.05, 4.69) is 12.2 Å². The van der Waals surface area contributed by atoms with Crippen molar-refractivity contribution in [3.63, 3.8) is 0 Å². The monoisotopic (exact) mass is 293 g/mol. The molecule has 0 saturated heterocycles. The van der Waals surface area contributed by atoms with E-state index in [-0.39, 0.29) is 23.8 Å². The maximum atomic E-state index is 12.4. The van der Waals surface area contributed by atoms with E-state index >= 15 is 0 Å². The minimum Gasteiger partial charge on any atom is -0.507 e. The number of rotatable bonds is 4. The average Bonchev–Trinajstić information content (AvgIpc) is 2.47. The summed E-state index contributed by atoms with van der Waals surface area (Å²) in [5.74, 6) is 0.498. The Morgan fingerprint density at radius 3 is 2.90 bits per heavy atom. The van der Waals surface area contributed by atoms with E-state index in [9.17, 15) is 15.0 Å². The lowest BCUT2D eigenvalue weighted by molar-refractivity contribution is 0.0694. The second-order valence-electron chi connectivity index (χ2n) is 5.98. The van der Waals surface area contributed by atoms with Crippen molar-refractivity contribution < 1.29 is 19.7 Å². The number of aromatic hydroxyl groups is 1. The van der Waals surface area contributed by atoms with Crippen molar-refractivity contribution in [2.24, 2.45) is 5.92 Å². The zero-order valence-electron chi connectivity index (χ0n) is 12.6. The summed E-state index contributed by atoms with van der Waals surface area (Å²) in [5, 5.41) is 22.5. The van der Waals surface area contributed by atoms with E-state index < -0.39 is 5.54 Å². The Morgan fingerprint density at radius 1 is 1.52 bits per heavy atom. The van der Waals surface area contributed by atoms with Crippen molar-refractivity contribution in [3.05, 3.63) is 23.8 Å². The van der Waals surface area contributed by atoms with Gasteiger partial charge in [0.15, 0.2) is 0 Å². The quantitative estimate of drug-likeness (QED) is 0.794. The Labute approximate surface area is 124 Å². The number of nitrogens with one attached hydrogen (secondary N) is 1. The van der Waals surface area contributed by atoms with E-state index in [0.717, 1.165) is 25.7 Å². The molecule has 5 heteroatoms. The molecule has 1 aromatic rings. The van der Waals surface area contributed by atoms with Gasteiger partial charge in [-0.1, -0.05) is 19.8 Å². The highest BCUT2D eigenvalue weighted by atomic mass is 16.5. The van der Waals surface area contributed by atoms with Crippen LogP contribution >= 0.6 is 0 Å². The summed E-state index contributed by atoms with van der Waals surface area (Å²) in [7, 11) is 1.51. The number of hydrogen-bond acceptors (Lipinski definition) is 4. The summed E-state index contributed by atoms with van der Waals surface area (Å²) in [6.45, 7) is 2.03. The van der Waals surface area contributed by atoms with Crippen molar-refractivity contribution >= 4 is 5.91 Å². The molecule has 1 aromatic carbocycles. The molecule has 1 fully saturated rings. The predicted octanol–water partition coefficient (Wildman–Crippen LogP) is 2.07. The maximum absolute atomic E-state index is 12.4. The fourth-order valence-corrected chi connectivity index (χ4v) is 3.09. The van der Waals surface area contributed by atoms with Gasteiger partial charge in [-0.25, -0.2) is 0 Å². The topological polar surface area (TPSA) is 78.8 Å². The first-order chi connectivity index (χ1) is 9.99. The first-order valence-electron chi connectivity index (χ1n) is 7.30. The molecule has 2 unspecified atom stereocenters. The van der Waals surface area contributed by atoms with Gasteiger partial charge in [0.05, 0.1) is 24.8 Å². The number of aliphatic hydroxyl groups is 1. The van der Waals surface area contributed by atoms with E-state index in [1.807, 2.05) is 0 Å². The minimum atomic E-state index is -0.593. The Bertz CT molecular complexity index is 517. The van der Waals surface area contributed by atoms with Crippen LogP contribution in [0.5, 0.6) is 11.5 Å². The van der Waals surface area contributed by atoms with Gasteiger partial charge < -0.3 is 20.3 Å². The number of aliphatic hydroxyl groups excluding tert-OH is 1. The highest BCUT2D eigenvalue weighted by Crippen LogP contribution is 2.33. The number of phenols is 1. The smallest absolute Gasteiger partial charge is 0.255 e. The Kier molecular flexibility index (Phi) is 4.73. The Balaban J connectivity index is 2.20. The molecular weight excluding hydrogens is 270 g/mol. The molecule has 116 valence electrons. The predicted molar refractivity (Wildman–Crippen MR) is 79.6 cm³/mol. The van der Waals surface area contributed by atoms with Crippen LogP contribution < -0.4 is 10.1 Å². The molecule has 0 heterocycles. The molecule has 0 bridgehead atoms. The van der Waals surface area contributed by atoms with Gasteiger partial charge in [-0.05, 0) is 37.0 Å². The van der Waals surface area contributed by atoms with Crippen LogP contribution in [0, 0.1) is 5.92 Å². The summed E-state index contributed by atoms with van der Waals surface area (Å²) in [6.07, 6.45) is 3.60. The molecule has 5 nitrogen and oxygen atoms in total. The van der Waals surface area contributed by atoms with Gasteiger partial charge in [-0.2, -0.15) is 0 Å². The van der Waals surface area contributed by atoms with Crippen LogP contribution in [0.25, 0.3) is 0 Å². The van der Waals surface area contributed by atoms with E-state index in [1.54, 1.807) is 6.07 Å². The summed E-state index contributed by atoms with van der Waals surface area (Å²) < 4.78 is 5.08. The zero-order chi connectivity index (χ0) is 15.5. The summed E-state index contributed by atoms with van der Waals surface area (Å²) in [6, 6.07) is 4.53. The van der Waals surface area contributed by atoms with Crippen LogP contribution in [0.1, 0.15) is 43.0 Å². The molecular formula is C16H23NO4. The fraction of sp³-hybridized carbons (Fsp3) is 0.562. The highest BCUT2D eigenvalue weighted by molar-refractivity contribution is 5.97. The van der Waals surface area contributed by atoms with Crippen molar-refractivity contribution in [1.29, 1.82) is 0 Å². The van der Waals surface area contributed by atoms with Crippen LogP contribution in [0.3, 0.4) is 0 Å². The van der Waals surface area contributed by atoms with Gasteiger partial charge in [-0.15, -0.1) is 0 Å². The van der Waals surface area contributed by atoms with Gasteiger partial charge in [0.2, 0.25) is 0 Å². The number of carbonyl (C=O) groups is 1. The highest BCUT2D eigenvalue weighted by Gasteiger charge is 2.36. The largest absolute Gasteiger partial charge is 0.507 e. The molecule has 1 aliphatic carbocycles. The Morgan fingerprint density at radius 2 is 2.29 bits per heavy atom. The van der Waals surface area contributed by atoms with Crippen molar-refractivity contribution in [3.8, 4) is 11.5 Å². The van der Waals surface area contributed by atoms with E-state index in [1.165, 1.54) is 19.2 Å². The molecule has 0 aliphatic heterocycles. The first-order valence-corrected chi connectivity index (χ1v) is 7.30. The number of methoxy groups -OCH3 is 1. The third-order valence-corrected chi connectivity index (χ3v) is 4.22. The number of carbonyl (C=O) groups excluding carboxylic acids is 1. The summed E-state index contributed by atoms with van der Waals surface area (Å²) >= 11 is 0. The normalized spacial score (nSPS) is 25.4. The van der Waals surface area contributed by atoms with Crippen LogP contribution in [-0.2, 0) is 0 Å². The van der Waals surface area contributed by atoms with Crippen LogP contribution in [0.2, 0.25) is 0 Å². The molecule has 21 heavy (non-hydrogen) atoms. The van der Waals surface area contributed by atoms with Crippen molar-refractivity contribution in [2.45, 2.75) is 38.1 Å². The van der Waals surface area contributed by atoms with Crippen molar-refractivity contribution in [2.75, 3.05) is 13.7 Å². The molecule has 0 spiro atoms. The van der Waals surface area contributed by atoms with Crippen molar-refractivity contribution in [1.82, 2.24) is 5.32 Å². The molecule has 0 aromatic heterocycles. The average molecular weight is 293 g/mol. The second kappa shape index (κ2) is 6.35. The third-order valence-electron chi connectivity index (χ3n) is 4.22. The van der Waals surface area contributed by atoms with Gasteiger partial charge in [0.25, 0.3) is 5.91 Å². The van der Waals surface area contributed by atoms with Gasteiger partial charge >= 0.3 is 0 Å². The number of hydrogen-bond donors (Lipinski definition) is 3. The zero-order valence-corrected chi connectivity index (χ0v) is 12.6. The lowest BCUT2D eigenvalue weighted by Crippen LogP contribution is -2.53. The van der Waals surface area contributed by atoms with Gasteiger partial charge in [0, 0.05) is 0 Å². The lowest BCUT2D eigenvalue weighted by atomic mass is 9.76. The van der Waals surface area contributed by atoms with Gasteiger partial charge in [0.1, 0.15) is 11.5 Å². The number of amides is 1. The first kappa shape index (κ1) is 15.6. The molecule has 1 amide bonds. The SMILES string of the molecule is COc1ccc(O)c(C(=O)NC2(CO)CCCC(C)C2)c1. The third kappa shape index (κ3) is 3.47. The minimum absolute atomic E-state index is 0.0895. The fourth-order valence-electron chi connectivity index (χ4n) is 3.09. The lowest BCUT2D eigenvalue weighted by Gasteiger charge is -2.39. The summed E-state index contributed by atoms with van der Waals surface area (Å²) in [4.78, 5) is 12.4.